The summed E-state index contributed by atoms with van der Waals surface area (Å²) >= 11 is 0. The molecule has 48 heavy (non-hydrogen) atoms. The fourth-order valence-electron chi connectivity index (χ4n) is 8.32. The second-order valence-electron chi connectivity index (χ2n) is 12.6. The van der Waals surface area contributed by atoms with Crippen molar-refractivity contribution in [2.75, 3.05) is 4.90 Å². The van der Waals surface area contributed by atoms with Crippen LogP contribution in [-0.2, 0) is 16.9 Å². The van der Waals surface area contributed by atoms with E-state index in [4.69, 9.17) is 0 Å². The zero-order valence-corrected chi connectivity index (χ0v) is 25.5. The number of amides is 1. The molecule has 1 spiro atoms. The Morgan fingerprint density at radius 3 is 2.04 bits per heavy atom. The lowest BCUT2D eigenvalue weighted by molar-refractivity contribution is -0.113. The van der Waals surface area contributed by atoms with Gasteiger partial charge in [-0.1, -0.05) is 109 Å². The van der Waals surface area contributed by atoms with E-state index in [9.17, 15) is 9.90 Å². The van der Waals surface area contributed by atoms with Crippen molar-refractivity contribution < 1.29 is 23.9 Å². The van der Waals surface area contributed by atoms with Crippen molar-refractivity contribution in [2.45, 2.75) is 18.2 Å². The largest absolute Gasteiger partial charge is 0.377 e. The molecule has 1 amide bonds. The summed E-state index contributed by atoms with van der Waals surface area (Å²) in [6.45, 7) is 0.190. The number of aliphatic hydroxyl groups is 1. The lowest BCUT2D eigenvalue weighted by Gasteiger charge is -2.40. The molecule has 0 saturated carbocycles. The minimum atomic E-state index is -2.36. The Hall–Kier alpha value is -5.92. The van der Waals surface area contributed by atoms with Crippen molar-refractivity contribution in [3.63, 3.8) is 0 Å². The molecule has 1 aliphatic carbocycles. The van der Waals surface area contributed by atoms with E-state index in [1.54, 1.807) is 76.7 Å². The molecule has 1 N–H and O–H groups in total. The van der Waals surface area contributed by atoms with E-state index in [2.05, 4.69) is 0 Å². The van der Waals surface area contributed by atoms with Crippen molar-refractivity contribution >= 4 is 34.8 Å². The van der Waals surface area contributed by atoms with Crippen LogP contribution in [0.2, 0.25) is 0 Å². The number of hydrogen-bond acceptors (Lipinski definition) is 5. The number of anilines is 1. The van der Waals surface area contributed by atoms with Crippen LogP contribution >= 0.6 is 0 Å². The molecular weight excluding hydrogens is 603 g/mol. The van der Waals surface area contributed by atoms with Gasteiger partial charge in [0.05, 0.1) is 29.5 Å². The Bertz CT molecular complexity index is 2240. The summed E-state index contributed by atoms with van der Waals surface area (Å²) < 4.78 is 15.2. The summed E-state index contributed by atoms with van der Waals surface area (Å²) in [5, 5.41) is 13.8. The first-order valence-corrected chi connectivity index (χ1v) is 15.8. The van der Waals surface area contributed by atoms with Crippen LogP contribution in [-0.4, -0.2) is 27.5 Å². The second kappa shape index (κ2) is 10.0. The summed E-state index contributed by atoms with van der Waals surface area (Å²) in [6.07, 6.45) is 3.58. The Kier molecular flexibility index (Phi) is 5.92. The maximum absolute atomic E-state index is 15.2. The highest BCUT2D eigenvalue weighted by atomic mass is 19.1. The monoisotopic (exact) mass is 630 g/mol. The summed E-state index contributed by atoms with van der Waals surface area (Å²) in [5.41, 5.74) is -0.641. The van der Waals surface area contributed by atoms with Gasteiger partial charge in [-0.25, -0.2) is 4.39 Å². The molecule has 0 radical (unpaired) electrons. The van der Waals surface area contributed by atoms with Gasteiger partial charge in [0.15, 0.2) is 22.6 Å². The maximum Gasteiger partial charge on any atom is 0.261 e. The molecule has 2 unspecified atom stereocenters. The predicted molar refractivity (Wildman–Crippen MR) is 179 cm³/mol. The third-order valence-electron chi connectivity index (χ3n) is 10.3. The molecule has 9 rings (SSSR count). The first-order valence-electron chi connectivity index (χ1n) is 15.8. The fraction of sp³-hybridized carbons (Fsp3) is 0.0976. The van der Waals surface area contributed by atoms with E-state index in [-0.39, 0.29) is 40.1 Å². The number of Topliss-reactive ketones (excluding diaryl/α,β-unsaturated/α-hetero) is 2. The summed E-state index contributed by atoms with van der Waals surface area (Å²) in [5.74, 6) is -2.09. The van der Waals surface area contributed by atoms with E-state index >= 15 is 14.0 Å². The maximum atomic E-state index is 15.2. The van der Waals surface area contributed by atoms with Gasteiger partial charge < -0.3 is 14.9 Å². The topological polar surface area (TPSA) is 77.9 Å². The highest BCUT2D eigenvalue weighted by molar-refractivity contribution is 6.35. The summed E-state index contributed by atoms with van der Waals surface area (Å²) in [6, 6.07) is 35.3. The molecule has 1 saturated heterocycles. The Labute approximate surface area is 275 Å². The van der Waals surface area contributed by atoms with E-state index < -0.39 is 40.3 Å². The molecule has 3 heterocycles. The minimum absolute atomic E-state index is 0.0363. The van der Waals surface area contributed by atoms with Gasteiger partial charge in [-0.05, 0) is 46.5 Å². The van der Waals surface area contributed by atoms with Crippen LogP contribution in [0.15, 0.2) is 139 Å². The number of fused-ring (bicyclic) bond motifs is 6. The van der Waals surface area contributed by atoms with Gasteiger partial charge in [0, 0.05) is 22.9 Å². The predicted octanol–water partition coefficient (Wildman–Crippen LogP) is 7.08. The highest BCUT2D eigenvalue weighted by Gasteiger charge is 2.77. The average Bonchev–Trinajstić information content (AvgIpc) is 3.62. The molecule has 1 fully saturated rings. The van der Waals surface area contributed by atoms with Crippen molar-refractivity contribution in [2.24, 2.45) is 5.41 Å². The Morgan fingerprint density at radius 2 is 1.33 bits per heavy atom. The van der Waals surface area contributed by atoms with Gasteiger partial charge in [-0.2, -0.15) is 0 Å². The number of halogens is 1. The van der Waals surface area contributed by atoms with Crippen LogP contribution in [0.5, 0.6) is 0 Å². The number of hydrogen-bond donors (Lipinski definition) is 1. The van der Waals surface area contributed by atoms with Crippen LogP contribution in [0.3, 0.4) is 0 Å². The van der Waals surface area contributed by atoms with E-state index in [0.717, 1.165) is 11.1 Å². The first-order chi connectivity index (χ1) is 23.4. The lowest BCUT2D eigenvalue weighted by Crippen LogP contribution is -2.53. The molecule has 5 aromatic carbocycles. The molecule has 2 atom stereocenters. The van der Waals surface area contributed by atoms with Crippen LogP contribution in [0.1, 0.15) is 54.6 Å². The van der Waals surface area contributed by atoms with Crippen LogP contribution in [0.25, 0.3) is 11.6 Å². The molecule has 232 valence electrons. The van der Waals surface area contributed by atoms with Gasteiger partial charge in [0.25, 0.3) is 5.91 Å². The highest BCUT2D eigenvalue weighted by Crippen LogP contribution is 2.69. The first kappa shape index (κ1) is 28.3. The van der Waals surface area contributed by atoms with Crippen LogP contribution < -0.4 is 4.90 Å². The van der Waals surface area contributed by atoms with E-state index in [0.29, 0.717) is 11.3 Å². The summed E-state index contributed by atoms with van der Waals surface area (Å²) in [7, 11) is 0. The second-order valence-corrected chi connectivity index (χ2v) is 12.6. The number of nitrogens with zero attached hydrogens (tertiary/aromatic N) is 2. The van der Waals surface area contributed by atoms with Gasteiger partial charge in [0.2, 0.25) is 0 Å². The molecule has 0 bridgehead atoms. The normalized spacial score (nSPS) is 23.0. The number of carbonyl (C=O) groups is 3. The number of rotatable bonds is 3. The molecule has 0 aromatic heterocycles. The van der Waals surface area contributed by atoms with Gasteiger partial charge in [-0.15, -0.1) is 0 Å². The lowest BCUT2D eigenvalue weighted by atomic mass is 9.60. The van der Waals surface area contributed by atoms with Crippen molar-refractivity contribution in [1.29, 1.82) is 0 Å². The summed E-state index contributed by atoms with van der Waals surface area (Å²) in [4.78, 5) is 48.4. The quantitative estimate of drug-likeness (QED) is 0.170. The van der Waals surface area contributed by atoms with Gasteiger partial charge >= 0.3 is 0 Å². The van der Waals surface area contributed by atoms with Gasteiger partial charge in [0.1, 0.15) is 5.82 Å². The SMILES string of the molecule is O=C1/C(=C2/N3C=Cc4ccccc4C3C3(C(=O)c4ccccc4C3=O)C2(O)c2ccccc2)c2cc(F)ccc2N1Cc1ccccc1. The zero-order valence-electron chi connectivity index (χ0n) is 25.5. The zero-order chi connectivity index (χ0) is 32.8. The van der Waals surface area contributed by atoms with Crippen LogP contribution in [0.4, 0.5) is 10.1 Å². The molecule has 7 heteroatoms. The number of benzene rings is 5. The fourth-order valence-corrected chi connectivity index (χ4v) is 8.32. The Morgan fingerprint density at radius 1 is 0.708 bits per heavy atom. The average molecular weight is 631 g/mol. The minimum Gasteiger partial charge on any atom is -0.377 e. The van der Waals surface area contributed by atoms with Crippen molar-refractivity contribution in [1.82, 2.24) is 4.90 Å². The van der Waals surface area contributed by atoms with Gasteiger partial charge in [-0.3, -0.25) is 14.4 Å². The smallest absolute Gasteiger partial charge is 0.261 e. The molecule has 4 aliphatic rings. The van der Waals surface area contributed by atoms with Crippen molar-refractivity contribution in [3.8, 4) is 0 Å². The Balaban J connectivity index is 1.42. The number of ketones is 2. The number of carbonyl (C=O) groups excluding carboxylic acids is 3. The van der Waals surface area contributed by atoms with E-state index in [1.165, 1.54) is 12.1 Å². The van der Waals surface area contributed by atoms with E-state index in [1.807, 2.05) is 60.7 Å². The van der Waals surface area contributed by atoms with Crippen LogP contribution in [0, 0.1) is 11.2 Å². The molecule has 6 nitrogen and oxygen atoms in total. The third-order valence-corrected chi connectivity index (χ3v) is 10.3. The van der Waals surface area contributed by atoms with Crippen molar-refractivity contribution in [3.05, 3.63) is 184 Å². The molecule has 5 aromatic rings. The molecular formula is C41H27FN2O4. The standard InChI is InChI=1S/C41H27FN2O4/c42-28-19-20-33-32(23-28)34(39(47)44(33)24-25-11-3-1-4-12-25)36-41(48,27-14-5-2-6-15-27)40(37(45)30-17-9-10-18-31(30)38(40)46)35-29-16-8-7-13-26(29)21-22-43(35)36/h1-23,35,48H,24H2/b36-34+. The third kappa shape index (κ3) is 3.46. The molecule has 3 aliphatic heterocycles.